The summed E-state index contributed by atoms with van der Waals surface area (Å²) >= 11 is 1.95. The van der Waals surface area contributed by atoms with Crippen molar-refractivity contribution >= 4 is 169 Å². The van der Waals surface area contributed by atoms with E-state index in [0.717, 1.165) is 66.2 Å². The topological polar surface area (TPSA) is 19.4 Å². The second-order valence-corrected chi connectivity index (χ2v) is 46.4. The van der Waals surface area contributed by atoms with Crippen LogP contribution in [0.25, 0.3) is 31.3 Å². The van der Waals surface area contributed by atoms with Crippen molar-refractivity contribution in [1.82, 2.24) is 0 Å². The summed E-state index contributed by atoms with van der Waals surface area (Å²) in [5.74, 6) is 0. The van der Waals surface area contributed by atoms with Gasteiger partial charge in [-0.05, 0) is 296 Å². The average Bonchev–Trinajstić information content (AvgIpc) is 1.44. The number of benzene rings is 14. The second-order valence-electron chi connectivity index (χ2n) is 45.3. The normalized spacial score (nSPS) is 20.3. The van der Waals surface area contributed by atoms with Crippen molar-refractivity contribution in [2.24, 2.45) is 0 Å². The van der Waals surface area contributed by atoms with Gasteiger partial charge in [-0.25, -0.2) is 0 Å². The maximum Gasteiger partial charge on any atom is 0.252 e. The first kappa shape index (κ1) is 81.5. The molecule has 646 valence electrons. The summed E-state index contributed by atoms with van der Waals surface area (Å²) < 4.78 is 2.68. The highest BCUT2D eigenvalue weighted by atomic mass is 32.1. The van der Waals surface area contributed by atoms with Crippen molar-refractivity contribution in [3.63, 3.8) is 0 Å². The van der Waals surface area contributed by atoms with Crippen molar-refractivity contribution in [3.05, 3.63) is 334 Å². The van der Waals surface area contributed by atoms with Crippen molar-refractivity contribution in [1.29, 1.82) is 0 Å². The fourth-order valence-corrected chi connectivity index (χ4v) is 27.6. The summed E-state index contributed by atoms with van der Waals surface area (Å²) in [5.41, 5.74) is 44.7. The van der Waals surface area contributed by atoms with Crippen LogP contribution in [-0.2, 0) is 44.3 Å². The Labute approximate surface area is 776 Å². The predicted octanol–water partition coefficient (Wildman–Crippen LogP) is 29.0. The zero-order valence-electron chi connectivity index (χ0n) is 79.6. The summed E-state index contributed by atoms with van der Waals surface area (Å²) in [6.07, 6.45) is 10.0. The van der Waals surface area contributed by atoms with E-state index in [1.54, 1.807) is 0 Å². The highest BCUT2D eigenvalue weighted by Gasteiger charge is 2.65. The highest BCUT2D eigenvalue weighted by molar-refractivity contribution is 7.26. The van der Waals surface area contributed by atoms with Crippen molar-refractivity contribution in [2.45, 2.75) is 238 Å². The van der Waals surface area contributed by atoms with Crippen LogP contribution >= 0.6 is 11.3 Å². The van der Waals surface area contributed by atoms with Crippen LogP contribution in [-0.4, -0.2) is 24.5 Å². The van der Waals surface area contributed by atoms with Crippen LogP contribution in [0.2, 0.25) is 0 Å². The van der Waals surface area contributed by atoms with Crippen LogP contribution in [0.1, 0.15) is 230 Å². The third-order valence-electron chi connectivity index (χ3n) is 33.9. The molecule has 0 saturated heterocycles. The van der Waals surface area contributed by atoms with Gasteiger partial charge in [0, 0.05) is 116 Å². The number of aryl methyl sites for hydroxylation is 2. The van der Waals surface area contributed by atoms with E-state index >= 15 is 0 Å². The molecule has 9 heteroatoms. The smallest absolute Gasteiger partial charge is 0.252 e. The zero-order valence-corrected chi connectivity index (χ0v) is 80.4. The molecule has 3 aliphatic carbocycles. The number of rotatable bonds is 11. The van der Waals surface area contributed by atoms with Crippen LogP contribution in [0.5, 0.6) is 0 Å². The van der Waals surface area contributed by atoms with Crippen LogP contribution in [0, 0.1) is 13.8 Å². The Kier molecular flexibility index (Phi) is 17.5. The minimum Gasteiger partial charge on any atom is -0.335 e. The highest BCUT2D eigenvalue weighted by Crippen LogP contribution is 2.67. The lowest BCUT2D eigenvalue weighted by molar-refractivity contribution is 0.195. The van der Waals surface area contributed by atoms with Gasteiger partial charge in [0.2, 0.25) is 0 Å². The first-order chi connectivity index (χ1) is 62.1. The SMILES string of the molecule is Cc1cc(C(C)(C)C)ccc1N1c2cc3c(cc2B2c4cc(C(C)(C)C)cc5c4N(c4cc(N(c6ccccc6)c6cccc(CC(C)(C)c7cc8c9c(c7)C7(C)CCCCC7(C)N9c7cc(N(c9ccccc9)c9ccccc9)cc9c7B8c7cc8c(cc7N9c7ccc(C(C)(C)C)cc7C)-c7ccccc7C8(C)C)c6)cc1c42)C1(C)CCCCC51C)sc1ccccc13. The lowest BCUT2D eigenvalue weighted by Gasteiger charge is -2.53. The Morgan fingerprint density at radius 2 is 0.777 bits per heavy atom. The molecule has 0 radical (unpaired) electrons. The molecule has 4 atom stereocenters. The van der Waals surface area contributed by atoms with Crippen LogP contribution in [0.15, 0.2) is 273 Å². The first-order valence-electron chi connectivity index (χ1n) is 48.4. The number of anilines is 16. The number of hydrogen-bond acceptors (Lipinski definition) is 7. The van der Waals surface area contributed by atoms with Crippen molar-refractivity contribution in [3.8, 4) is 11.1 Å². The first-order valence-corrected chi connectivity index (χ1v) is 49.2. The quantitative estimate of drug-likeness (QED) is 0.119. The van der Waals surface area contributed by atoms with E-state index in [0.29, 0.717) is 0 Å². The summed E-state index contributed by atoms with van der Waals surface area (Å²) in [5, 5.41) is 2.64. The molecule has 15 aromatic rings. The molecule has 0 N–H and O–H groups in total. The molecular formula is C121H120B2N6S. The van der Waals surface area contributed by atoms with Crippen LogP contribution in [0.4, 0.5) is 91.0 Å². The minimum atomic E-state index is -0.360. The Morgan fingerprint density at radius 3 is 1.31 bits per heavy atom. The largest absolute Gasteiger partial charge is 0.335 e. The molecule has 0 bridgehead atoms. The number of nitrogens with zero attached hydrogens (tertiary/aromatic N) is 6. The number of thiophene rings is 1. The van der Waals surface area contributed by atoms with Gasteiger partial charge in [-0.15, -0.1) is 11.3 Å². The van der Waals surface area contributed by atoms with Crippen molar-refractivity contribution < 1.29 is 0 Å². The predicted molar refractivity (Wildman–Crippen MR) is 559 cm³/mol. The van der Waals surface area contributed by atoms with E-state index in [2.05, 4.69) is 434 Å². The standard InChI is InChI=1S/C121H120B2N6S/c1-74-58-77(113(3,4)5)50-52-99(74)126-101-69-89-87-46-29-31-48-91(87)117(14,15)92(89)71-95(101)122-98-64-80(62-94-112(98)129(121(19)57-36-34-55-119(94,121)17)105-67-85(65-103(126)109(105)122)124(81-39-23-20-24-40-81)82-41-25-21-26-42-82)116(12,13)73-76-38-37-45-84(60-76)125(83-43-27-22-28-44-83)86-66-104-110-106(68-86)128-111-93(118(16)54-33-35-56-120(118,128)18)61-79(115(9,10)11)63-97(111)123(110)96-72-108-90(88-47-30-32-49-107(88)130-108)70-102(96)127(104)100-53-51-78(59-75(100)2)114(6,7)8/h20-32,37-53,58-72H,33-36,54-57,73H2,1-19H3. The van der Waals surface area contributed by atoms with E-state index in [4.69, 9.17) is 0 Å². The molecule has 130 heavy (non-hydrogen) atoms. The van der Waals surface area contributed by atoms with E-state index in [9.17, 15) is 0 Å². The van der Waals surface area contributed by atoms with Gasteiger partial charge in [-0.1, -0.05) is 293 Å². The average molecular weight is 1710 g/mol. The van der Waals surface area contributed by atoms with Crippen molar-refractivity contribution in [2.75, 3.05) is 29.4 Å². The fourth-order valence-electron chi connectivity index (χ4n) is 26.4. The monoisotopic (exact) mass is 1710 g/mol. The lowest BCUT2D eigenvalue weighted by Crippen LogP contribution is -2.64. The van der Waals surface area contributed by atoms with Gasteiger partial charge in [0.25, 0.3) is 13.4 Å². The maximum atomic E-state index is 2.97. The number of fused-ring (bicyclic) bond motifs is 20. The van der Waals surface area contributed by atoms with Gasteiger partial charge >= 0.3 is 0 Å². The minimum absolute atomic E-state index is 0.0369. The van der Waals surface area contributed by atoms with E-state index in [1.807, 2.05) is 11.3 Å². The van der Waals surface area contributed by atoms with Gasteiger partial charge in [0.05, 0.1) is 22.5 Å². The van der Waals surface area contributed by atoms with Gasteiger partial charge in [0.15, 0.2) is 0 Å². The van der Waals surface area contributed by atoms with Gasteiger partial charge in [-0.3, -0.25) is 0 Å². The third kappa shape index (κ3) is 11.4. The van der Waals surface area contributed by atoms with E-state index < -0.39 is 0 Å². The molecule has 0 spiro atoms. The molecule has 2 saturated carbocycles. The molecule has 2 fully saturated rings. The molecule has 14 aromatic carbocycles. The molecule has 24 rings (SSSR count). The Bertz CT molecular complexity index is 7280. The van der Waals surface area contributed by atoms with E-state index in [-0.39, 0.29) is 62.4 Å². The van der Waals surface area contributed by atoms with E-state index in [1.165, 1.54) is 208 Å². The molecular weight excluding hydrogens is 1590 g/mol. The van der Waals surface area contributed by atoms with Crippen LogP contribution in [0.3, 0.4) is 0 Å². The summed E-state index contributed by atoms with van der Waals surface area (Å²) in [4.78, 5) is 16.6. The van der Waals surface area contributed by atoms with Crippen LogP contribution < -0.4 is 62.2 Å². The molecule has 4 unspecified atom stereocenters. The summed E-state index contributed by atoms with van der Waals surface area (Å²) in [7, 11) is 0. The molecule has 1 aromatic heterocycles. The molecule has 7 heterocycles. The van der Waals surface area contributed by atoms with Gasteiger partial charge in [-0.2, -0.15) is 0 Å². The lowest BCUT2D eigenvalue weighted by atomic mass is 9.33. The maximum absolute atomic E-state index is 2.97. The Morgan fingerprint density at radius 1 is 0.323 bits per heavy atom. The fraction of sp³-hybridized carbons (Fsp3) is 0.306. The zero-order chi connectivity index (χ0) is 89.5. The second kappa shape index (κ2) is 27.9. The third-order valence-corrected chi connectivity index (χ3v) is 35.0. The van der Waals surface area contributed by atoms with Gasteiger partial charge in [0.1, 0.15) is 0 Å². The number of hydrogen-bond donors (Lipinski definition) is 0. The molecule has 9 aliphatic rings. The molecule has 6 aliphatic heterocycles. The molecule has 0 amide bonds. The Hall–Kier alpha value is -11.8. The molecule has 6 nitrogen and oxygen atoms in total. The summed E-state index contributed by atoms with van der Waals surface area (Å²) in [6, 6.07) is 109. The number of para-hydroxylation sites is 3. The summed E-state index contributed by atoms with van der Waals surface area (Å²) in [6.45, 7) is 46.9. The van der Waals surface area contributed by atoms with Gasteiger partial charge < -0.3 is 29.4 Å². The Balaban J connectivity index is 0.716.